The van der Waals surface area contributed by atoms with Gasteiger partial charge in [0.05, 0.1) is 5.69 Å². The van der Waals surface area contributed by atoms with E-state index in [0.29, 0.717) is 6.42 Å². The molecule has 1 aromatic carbocycles. The van der Waals surface area contributed by atoms with Gasteiger partial charge in [0.1, 0.15) is 0 Å². The summed E-state index contributed by atoms with van der Waals surface area (Å²) in [5.74, 6) is 0.785. The minimum absolute atomic E-state index is 0.0628. The Morgan fingerprint density at radius 2 is 2.17 bits per heavy atom. The molecule has 5 nitrogen and oxygen atoms in total. The standard InChI is InChI=1S/C18H24N4O/c1-2-3-9-17(23)19-18-15-10-11-22(13-16(15)20-21-18)12-14-7-5-4-6-8-14/h4-8H,2-3,9-13H2,1H3,(H2,19,20,21,23). The molecule has 0 atom stereocenters. The number of anilines is 1. The third-order valence-electron chi connectivity index (χ3n) is 4.28. The Balaban J connectivity index is 1.61. The molecule has 0 bridgehead atoms. The summed E-state index contributed by atoms with van der Waals surface area (Å²) >= 11 is 0. The van der Waals surface area contributed by atoms with E-state index in [1.165, 1.54) is 11.1 Å². The Bertz CT molecular complexity index is 650. The number of hydrogen-bond donors (Lipinski definition) is 2. The van der Waals surface area contributed by atoms with Crippen LogP contribution in [0.1, 0.15) is 43.0 Å². The second kappa shape index (κ2) is 7.42. The van der Waals surface area contributed by atoms with Gasteiger partial charge in [-0.05, 0) is 18.4 Å². The Morgan fingerprint density at radius 1 is 1.35 bits per heavy atom. The van der Waals surface area contributed by atoms with E-state index < -0.39 is 0 Å². The van der Waals surface area contributed by atoms with Crippen LogP contribution in [0.2, 0.25) is 0 Å². The highest BCUT2D eigenvalue weighted by atomic mass is 16.1. The average Bonchev–Trinajstić information content (AvgIpc) is 2.96. The third-order valence-corrected chi connectivity index (χ3v) is 4.28. The fourth-order valence-electron chi connectivity index (χ4n) is 2.99. The summed E-state index contributed by atoms with van der Waals surface area (Å²) in [6, 6.07) is 10.5. The number of carbonyl (C=O) groups excluding carboxylic acids is 1. The van der Waals surface area contributed by atoms with Crippen molar-refractivity contribution in [3.63, 3.8) is 0 Å². The largest absolute Gasteiger partial charge is 0.309 e. The van der Waals surface area contributed by atoms with E-state index in [0.717, 1.165) is 50.4 Å². The van der Waals surface area contributed by atoms with Crippen LogP contribution in [0.3, 0.4) is 0 Å². The van der Waals surface area contributed by atoms with Crippen molar-refractivity contribution in [1.29, 1.82) is 0 Å². The average molecular weight is 312 g/mol. The molecule has 5 heteroatoms. The minimum atomic E-state index is 0.0628. The van der Waals surface area contributed by atoms with Crippen molar-refractivity contribution < 1.29 is 4.79 Å². The summed E-state index contributed by atoms with van der Waals surface area (Å²) in [7, 11) is 0. The third kappa shape index (κ3) is 3.99. The van der Waals surface area contributed by atoms with Crippen LogP contribution in [-0.4, -0.2) is 27.5 Å². The van der Waals surface area contributed by atoms with E-state index in [1.54, 1.807) is 0 Å². The normalized spacial score (nSPS) is 14.5. The Morgan fingerprint density at radius 3 is 2.96 bits per heavy atom. The molecule has 0 spiro atoms. The Labute approximate surface area is 137 Å². The summed E-state index contributed by atoms with van der Waals surface area (Å²) in [5.41, 5.74) is 3.61. The number of hydrogen-bond acceptors (Lipinski definition) is 3. The number of amides is 1. The van der Waals surface area contributed by atoms with Gasteiger partial charge >= 0.3 is 0 Å². The van der Waals surface area contributed by atoms with Crippen molar-refractivity contribution in [3.05, 3.63) is 47.2 Å². The van der Waals surface area contributed by atoms with E-state index in [4.69, 9.17) is 0 Å². The Kier molecular flexibility index (Phi) is 5.08. The molecule has 0 aliphatic carbocycles. The molecule has 2 aromatic rings. The molecule has 0 saturated heterocycles. The zero-order valence-corrected chi connectivity index (χ0v) is 13.6. The lowest BCUT2D eigenvalue weighted by atomic mass is 10.1. The predicted octanol–water partition coefficient (Wildman–Crippen LogP) is 3.10. The van der Waals surface area contributed by atoms with Crippen LogP contribution in [0, 0.1) is 0 Å². The first-order valence-electron chi connectivity index (χ1n) is 8.38. The van der Waals surface area contributed by atoms with Crippen molar-refractivity contribution in [2.24, 2.45) is 0 Å². The first-order valence-corrected chi connectivity index (χ1v) is 8.38. The van der Waals surface area contributed by atoms with E-state index >= 15 is 0 Å². The number of fused-ring (bicyclic) bond motifs is 1. The number of rotatable bonds is 6. The van der Waals surface area contributed by atoms with Gasteiger partial charge in [-0.15, -0.1) is 0 Å². The van der Waals surface area contributed by atoms with Gasteiger partial charge in [0.15, 0.2) is 5.82 Å². The molecule has 0 radical (unpaired) electrons. The molecule has 1 aliphatic rings. The second-order valence-corrected chi connectivity index (χ2v) is 6.13. The first-order chi connectivity index (χ1) is 11.3. The van der Waals surface area contributed by atoms with E-state index in [2.05, 4.69) is 51.6 Å². The van der Waals surface area contributed by atoms with Crippen LogP contribution in [-0.2, 0) is 24.3 Å². The molecule has 1 aromatic heterocycles. The Hall–Kier alpha value is -2.14. The maximum Gasteiger partial charge on any atom is 0.225 e. The molecule has 122 valence electrons. The van der Waals surface area contributed by atoms with Gasteiger partial charge in [-0.2, -0.15) is 5.10 Å². The van der Waals surface area contributed by atoms with Crippen LogP contribution in [0.25, 0.3) is 0 Å². The van der Waals surface area contributed by atoms with E-state index in [9.17, 15) is 4.79 Å². The molecule has 2 N–H and O–H groups in total. The number of nitrogens with zero attached hydrogens (tertiary/aromatic N) is 2. The lowest BCUT2D eigenvalue weighted by molar-refractivity contribution is -0.116. The smallest absolute Gasteiger partial charge is 0.225 e. The number of aromatic amines is 1. The molecular weight excluding hydrogens is 288 g/mol. The maximum absolute atomic E-state index is 11.9. The fourth-order valence-corrected chi connectivity index (χ4v) is 2.99. The van der Waals surface area contributed by atoms with Crippen LogP contribution < -0.4 is 5.32 Å². The van der Waals surface area contributed by atoms with Crippen molar-refractivity contribution in [2.45, 2.75) is 45.7 Å². The lowest BCUT2D eigenvalue weighted by Gasteiger charge is -2.26. The quantitative estimate of drug-likeness (QED) is 0.861. The van der Waals surface area contributed by atoms with Gasteiger partial charge in [0.25, 0.3) is 0 Å². The molecule has 1 aliphatic heterocycles. The highest BCUT2D eigenvalue weighted by Crippen LogP contribution is 2.24. The van der Waals surface area contributed by atoms with Crippen molar-refractivity contribution in [1.82, 2.24) is 15.1 Å². The fraction of sp³-hybridized carbons (Fsp3) is 0.444. The molecule has 0 fully saturated rings. The zero-order chi connectivity index (χ0) is 16.1. The molecule has 0 unspecified atom stereocenters. The topological polar surface area (TPSA) is 61.0 Å². The zero-order valence-electron chi connectivity index (χ0n) is 13.6. The highest BCUT2D eigenvalue weighted by molar-refractivity contribution is 5.90. The van der Waals surface area contributed by atoms with Crippen LogP contribution >= 0.6 is 0 Å². The number of H-pyrrole nitrogens is 1. The predicted molar refractivity (Wildman–Crippen MR) is 91.0 cm³/mol. The first kappa shape index (κ1) is 15.7. The number of nitrogens with one attached hydrogen (secondary N) is 2. The molecule has 2 heterocycles. The van der Waals surface area contributed by atoms with Gasteiger partial charge in [-0.25, -0.2) is 0 Å². The second-order valence-electron chi connectivity index (χ2n) is 6.13. The molecule has 0 saturated carbocycles. The molecule has 3 rings (SSSR count). The number of benzene rings is 1. The summed E-state index contributed by atoms with van der Waals surface area (Å²) in [4.78, 5) is 14.3. The molecular formula is C18H24N4O. The summed E-state index contributed by atoms with van der Waals surface area (Å²) in [6.45, 7) is 4.86. The van der Waals surface area contributed by atoms with E-state index in [-0.39, 0.29) is 5.91 Å². The lowest BCUT2D eigenvalue weighted by Crippen LogP contribution is -2.30. The van der Waals surface area contributed by atoms with Crippen molar-refractivity contribution in [2.75, 3.05) is 11.9 Å². The maximum atomic E-state index is 11.9. The van der Waals surface area contributed by atoms with Crippen LogP contribution in [0.5, 0.6) is 0 Å². The number of carbonyl (C=O) groups is 1. The summed E-state index contributed by atoms with van der Waals surface area (Å²) in [5, 5.41) is 10.4. The number of unbranched alkanes of at least 4 members (excludes halogenated alkanes) is 1. The van der Waals surface area contributed by atoms with Gasteiger partial charge in [-0.3, -0.25) is 14.8 Å². The van der Waals surface area contributed by atoms with Crippen LogP contribution in [0.15, 0.2) is 30.3 Å². The minimum Gasteiger partial charge on any atom is -0.309 e. The molecule has 23 heavy (non-hydrogen) atoms. The van der Waals surface area contributed by atoms with E-state index in [1.807, 2.05) is 6.07 Å². The van der Waals surface area contributed by atoms with Crippen LogP contribution in [0.4, 0.5) is 5.82 Å². The highest BCUT2D eigenvalue weighted by Gasteiger charge is 2.22. The SMILES string of the molecule is CCCCC(=O)Nc1n[nH]c2c1CCN(Cc1ccccc1)C2. The van der Waals surface area contributed by atoms with Gasteiger partial charge in [0, 0.05) is 31.6 Å². The number of aromatic nitrogens is 2. The summed E-state index contributed by atoms with van der Waals surface area (Å²) < 4.78 is 0. The van der Waals surface area contributed by atoms with Crippen molar-refractivity contribution >= 4 is 11.7 Å². The van der Waals surface area contributed by atoms with Gasteiger partial charge < -0.3 is 5.32 Å². The summed E-state index contributed by atoms with van der Waals surface area (Å²) in [6.07, 6.45) is 3.43. The monoisotopic (exact) mass is 312 g/mol. The van der Waals surface area contributed by atoms with Gasteiger partial charge in [0.2, 0.25) is 5.91 Å². The van der Waals surface area contributed by atoms with Gasteiger partial charge in [-0.1, -0.05) is 43.7 Å². The van der Waals surface area contributed by atoms with Crippen molar-refractivity contribution in [3.8, 4) is 0 Å². The molecule has 1 amide bonds.